The Morgan fingerprint density at radius 3 is 2.52 bits per heavy atom. The van der Waals surface area contributed by atoms with Gasteiger partial charge in [-0.2, -0.15) is 0 Å². The Bertz CT molecular complexity index is 918. The van der Waals surface area contributed by atoms with E-state index in [1.54, 1.807) is 4.90 Å². The van der Waals surface area contributed by atoms with Gasteiger partial charge in [0.05, 0.1) is 16.7 Å². The summed E-state index contributed by atoms with van der Waals surface area (Å²) in [7, 11) is 0. The zero-order valence-corrected chi connectivity index (χ0v) is 15.9. The molecule has 2 heterocycles. The fourth-order valence-electron chi connectivity index (χ4n) is 3.70. The zero-order valence-electron chi connectivity index (χ0n) is 15.1. The molecule has 1 aromatic carbocycles. The highest BCUT2D eigenvalue weighted by molar-refractivity contribution is 7.21. The first-order valence-corrected chi connectivity index (χ1v) is 10.1. The SMILES string of the molecule is Cc1c(C(=O)N2C[C@@H](C(=O)O)C[C@H](C(=O)NC3CC3)C2)sc2ccccc12. The first kappa shape index (κ1) is 18.0. The predicted octanol–water partition coefficient (Wildman–Crippen LogP) is 2.65. The number of carboxylic acid groups (broad SMARTS) is 1. The summed E-state index contributed by atoms with van der Waals surface area (Å²) in [4.78, 5) is 39.4. The molecule has 1 aromatic heterocycles. The Kier molecular flexibility index (Phi) is 4.63. The van der Waals surface area contributed by atoms with Gasteiger partial charge in [0.25, 0.3) is 5.91 Å². The summed E-state index contributed by atoms with van der Waals surface area (Å²) in [5.74, 6) is -2.45. The third-order valence-electron chi connectivity index (χ3n) is 5.42. The number of hydrogen-bond acceptors (Lipinski definition) is 4. The largest absolute Gasteiger partial charge is 0.481 e. The van der Waals surface area contributed by atoms with Crippen molar-refractivity contribution in [2.75, 3.05) is 13.1 Å². The van der Waals surface area contributed by atoms with Crippen molar-refractivity contribution in [3.63, 3.8) is 0 Å². The van der Waals surface area contributed by atoms with Crippen molar-refractivity contribution in [2.24, 2.45) is 11.8 Å². The Labute approximate surface area is 161 Å². The van der Waals surface area contributed by atoms with E-state index in [1.807, 2.05) is 31.2 Å². The van der Waals surface area contributed by atoms with E-state index < -0.39 is 17.8 Å². The number of likely N-dealkylation sites (tertiary alicyclic amines) is 1. The molecule has 2 fully saturated rings. The molecule has 0 bridgehead atoms. The van der Waals surface area contributed by atoms with Crippen LogP contribution in [0.3, 0.4) is 0 Å². The number of benzene rings is 1. The highest BCUT2D eigenvalue weighted by Crippen LogP contribution is 2.33. The third kappa shape index (κ3) is 3.56. The standard InChI is InChI=1S/C20H22N2O4S/c1-11-15-4-2-3-5-16(15)27-17(11)19(24)22-9-12(8-13(10-22)20(25)26)18(23)21-14-6-7-14/h2-5,12-14H,6-10H2,1H3,(H,21,23)(H,25,26)/t12-,13-/m0/s1. The van der Waals surface area contributed by atoms with E-state index in [0.29, 0.717) is 4.88 Å². The van der Waals surface area contributed by atoms with E-state index >= 15 is 0 Å². The number of rotatable bonds is 4. The second-order valence-electron chi connectivity index (χ2n) is 7.51. The quantitative estimate of drug-likeness (QED) is 0.846. The molecule has 0 unspecified atom stereocenters. The number of aliphatic carboxylic acids is 1. The third-order valence-corrected chi connectivity index (χ3v) is 6.68. The van der Waals surface area contributed by atoms with Crippen LogP contribution in [0.15, 0.2) is 24.3 Å². The van der Waals surface area contributed by atoms with Crippen LogP contribution >= 0.6 is 11.3 Å². The van der Waals surface area contributed by atoms with Gasteiger partial charge in [0, 0.05) is 23.8 Å². The predicted molar refractivity (Wildman–Crippen MR) is 103 cm³/mol. The molecule has 2 atom stereocenters. The number of carbonyl (C=O) groups is 3. The van der Waals surface area contributed by atoms with Gasteiger partial charge in [0.15, 0.2) is 0 Å². The van der Waals surface area contributed by atoms with Gasteiger partial charge < -0.3 is 15.3 Å². The maximum atomic E-state index is 13.2. The number of fused-ring (bicyclic) bond motifs is 1. The fourth-order valence-corrected chi connectivity index (χ4v) is 4.88. The van der Waals surface area contributed by atoms with Crippen LogP contribution in [0, 0.1) is 18.8 Å². The number of carbonyl (C=O) groups excluding carboxylic acids is 2. The number of amides is 2. The van der Waals surface area contributed by atoms with Gasteiger partial charge in [-0.15, -0.1) is 11.3 Å². The lowest BCUT2D eigenvalue weighted by Gasteiger charge is -2.35. The Morgan fingerprint density at radius 1 is 1.15 bits per heavy atom. The van der Waals surface area contributed by atoms with Gasteiger partial charge in [-0.25, -0.2) is 0 Å². The molecular weight excluding hydrogens is 364 g/mol. The van der Waals surface area contributed by atoms with Crippen LogP contribution in [0.1, 0.15) is 34.5 Å². The molecule has 0 radical (unpaired) electrons. The second-order valence-corrected chi connectivity index (χ2v) is 8.57. The average Bonchev–Trinajstić information content (AvgIpc) is 3.42. The van der Waals surface area contributed by atoms with Crippen molar-refractivity contribution >= 4 is 39.2 Å². The summed E-state index contributed by atoms with van der Waals surface area (Å²) in [5, 5.41) is 13.5. The van der Waals surface area contributed by atoms with Gasteiger partial charge in [-0.3, -0.25) is 14.4 Å². The smallest absolute Gasteiger partial charge is 0.308 e. The van der Waals surface area contributed by atoms with Crippen molar-refractivity contribution in [3.05, 3.63) is 34.7 Å². The topological polar surface area (TPSA) is 86.7 Å². The summed E-state index contributed by atoms with van der Waals surface area (Å²) < 4.78 is 1.04. The minimum atomic E-state index is -0.954. The fraction of sp³-hybridized carbons (Fsp3) is 0.450. The molecular formula is C20H22N2O4S. The maximum Gasteiger partial charge on any atom is 0.308 e. The lowest BCUT2D eigenvalue weighted by molar-refractivity contribution is -0.144. The van der Waals surface area contributed by atoms with Crippen LogP contribution in [-0.2, 0) is 9.59 Å². The molecule has 1 aliphatic heterocycles. The highest BCUT2D eigenvalue weighted by Gasteiger charge is 2.39. The Morgan fingerprint density at radius 2 is 1.85 bits per heavy atom. The number of aryl methyl sites for hydroxylation is 1. The number of nitrogens with zero attached hydrogens (tertiary/aromatic N) is 1. The molecule has 1 aliphatic carbocycles. The van der Waals surface area contributed by atoms with Crippen LogP contribution in [0.25, 0.3) is 10.1 Å². The maximum absolute atomic E-state index is 13.2. The molecule has 142 valence electrons. The molecule has 0 spiro atoms. The Hall–Kier alpha value is -2.41. The van der Waals surface area contributed by atoms with E-state index in [4.69, 9.17) is 0 Å². The first-order chi connectivity index (χ1) is 12.9. The summed E-state index contributed by atoms with van der Waals surface area (Å²) in [6.07, 6.45) is 2.23. The van der Waals surface area contributed by atoms with Crippen molar-refractivity contribution < 1.29 is 19.5 Å². The summed E-state index contributed by atoms with van der Waals surface area (Å²) >= 11 is 1.43. The van der Waals surface area contributed by atoms with Crippen LogP contribution in [0.5, 0.6) is 0 Å². The van der Waals surface area contributed by atoms with Crippen LogP contribution in [-0.4, -0.2) is 46.9 Å². The first-order valence-electron chi connectivity index (χ1n) is 9.24. The summed E-state index contributed by atoms with van der Waals surface area (Å²) in [5.41, 5.74) is 0.914. The molecule has 6 nitrogen and oxygen atoms in total. The summed E-state index contributed by atoms with van der Waals surface area (Å²) in [6, 6.07) is 8.06. The van der Waals surface area contributed by atoms with E-state index in [-0.39, 0.29) is 37.4 Å². The number of thiophene rings is 1. The molecule has 27 heavy (non-hydrogen) atoms. The lowest BCUT2D eigenvalue weighted by Crippen LogP contribution is -2.50. The van der Waals surface area contributed by atoms with Gasteiger partial charge in [-0.05, 0) is 43.2 Å². The molecule has 7 heteroatoms. The lowest BCUT2D eigenvalue weighted by atomic mass is 9.88. The van der Waals surface area contributed by atoms with Crippen LogP contribution in [0.2, 0.25) is 0 Å². The number of nitrogens with one attached hydrogen (secondary N) is 1. The minimum absolute atomic E-state index is 0.130. The van der Waals surface area contributed by atoms with Gasteiger partial charge in [0.1, 0.15) is 0 Å². The van der Waals surface area contributed by atoms with E-state index in [1.165, 1.54) is 11.3 Å². The average molecular weight is 386 g/mol. The van der Waals surface area contributed by atoms with Crippen LogP contribution in [0.4, 0.5) is 0 Å². The van der Waals surface area contributed by atoms with Crippen molar-refractivity contribution in [1.29, 1.82) is 0 Å². The number of carboxylic acids is 1. The number of hydrogen-bond donors (Lipinski definition) is 2. The van der Waals surface area contributed by atoms with Gasteiger partial charge in [-0.1, -0.05) is 18.2 Å². The van der Waals surface area contributed by atoms with E-state index in [2.05, 4.69) is 5.32 Å². The molecule has 4 rings (SSSR count). The minimum Gasteiger partial charge on any atom is -0.481 e. The van der Waals surface area contributed by atoms with Gasteiger partial charge >= 0.3 is 5.97 Å². The summed E-state index contributed by atoms with van der Waals surface area (Å²) in [6.45, 7) is 2.34. The molecule has 2 N–H and O–H groups in total. The molecule has 2 amide bonds. The van der Waals surface area contributed by atoms with E-state index in [9.17, 15) is 19.5 Å². The second kappa shape index (κ2) is 6.96. The van der Waals surface area contributed by atoms with Crippen molar-refractivity contribution in [1.82, 2.24) is 10.2 Å². The van der Waals surface area contributed by atoms with Gasteiger partial charge in [0.2, 0.25) is 5.91 Å². The molecule has 2 aromatic rings. The number of piperidine rings is 1. The normalized spacial score (nSPS) is 22.6. The Balaban J connectivity index is 1.59. The van der Waals surface area contributed by atoms with Crippen LogP contribution < -0.4 is 5.32 Å². The van der Waals surface area contributed by atoms with Crippen molar-refractivity contribution in [3.8, 4) is 0 Å². The molecule has 1 saturated carbocycles. The molecule has 1 saturated heterocycles. The van der Waals surface area contributed by atoms with E-state index in [0.717, 1.165) is 28.5 Å². The molecule has 2 aliphatic rings. The zero-order chi connectivity index (χ0) is 19.1. The van der Waals surface area contributed by atoms with Crippen molar-refractivity contribution in [2.45, 2.75) is 32.2 Å². The highest BCUT2D eigenvalue weighted by atomic mass is 32.1. The monoisotopic (exact) mass is 386 g/mol.